The maximum absolute atomic E-state index is 12.5. The number of nitrogens with zero attached hydrogens (tertiary/aromatic N) is 3. The van der Waals surface area contributed by atoms with Gasteiger partial charge in [0.15, 0.2) is 5.03 Å². The molecule has 1 saturated heterocycles. The molecule has 1 aromatic carbocycles. The van der Waals surface area contributed by atoms with E-state index >= 15 is 0 Å². The van der Waals surface area contributed by atoms with Gasteiger partial charge in [0.2, 0.25) is 5.91 Å². The lowest BCUT2D eigenvalue weighted by atomic mass is 10.0. The van der Waals surface area contributed by atoms with Gasteiger partial charge in [-0.25, -0.2) is 8.42 Å². The second-order valence-corrected chi connectivity index (χ2v) is 7.21. The predicted molar refractivity (Wildman–Crippen MR) is 87.6 cm³/mol. The minimum absolute atomic E-state index is 0.107. The van der Waals surface area contributed by atoms with Gasteiger partial charge in [-0.1, -0.05) is 18.2 Å². The summed E-state index contributed by atoms with van der Waals surface area (Å²) >= 11 is 0. The van der Waals surface area contributed by atoms with Crippen LogP contribution in [0.1, 0.15) is 10.4 Å². The molecule has 24 heavy (non-hydrogen) atoms. The van der Waals surface area contributed by atoms with E-state index in [2.05, 4.69) is 15.5 Å². The third-order valence-corrected chi connectivity index (χ3v) is 5.58. The van der Waals surface area contributed by atoms with Crippen LogP contribution in [-0.2, 0) is 10.0 Å². The smallest absolute Gasteiger partial charge is 0.262 e. The molecule has 0 unspecified atom stereocenters. The zero-order chi connectivity index (χ0) is 17.2. The normalized spacial score (nSPS) is 16.0. The second-order valence-electron chi connectivity index (χ2n) is 5.32. The molecule has 1 aromatic heterocycles. The average molecular weight is 347 g/mol. The van der Waals surface area contributed by atoms with E-state index in [9.17, 15) is 13.2 Å². The van der Waals surface area contributed by atoms with Gasteiger partial charge in [0.25, 0.3) is 10.0 Å². The molecule has 1 amide bonds. The van der Waals surface area contributed by atoms with Gasteiger partial charge < -0.3 is 11.1 Å². The van der Waals surface area contributed by atoms with Crippen LogP contribution in [0.4, 0.5) is 0 Å². The fourth-order valence-electron chi connectivity index (χ4n) is 2.54. The molecule has 0 atom stereocenters. The highest BCUT2D eigenvalue weighted by Gasteiger charge is 2.27. The van der Waals surface area contributed by atoms with E-state index in [4.69, 9.17) is 5.73 Å². The van der Waals surface area contributed by atoms with Crippen molar-refractivity contribution in [2.45, 2.75) is 5.03 Å². The maximum Gasteiger partial charge on any atom is 0.262 e. The number of carbonyl (C=O) groups is 1. The first-order valence-electron chi connectivity index (χ1n) is 7.44. The lowest BCUT2D eigenvalue weighted by Crippen LogP contribution is -2.46. The number of amides is 1. The molecule has 1 fully saturated rings. The average Bonchev–Trinajstić information content (AvgIpc) is 2.62. The molecule has 126 valence electrons. The number of rotatable bonds is 4. The van der Waals surface area contributed by atoms with Crippen molar-refractivity contribution in [1.82, 2.24) is 19.8 Å². The van der Waals surface area contributed by atoms with Crippen molar-refractivity contribution in [3.8, 4) is 11.3 Å². The zero-order valence-corrected chi connectivity index (χ0v) is 13.7. The molecule has 0 bridgehead atoms. The van der Waals surface area contributed by atoms with E-state index in [1.807, 2.05) is 0 Å². The number of benzene rings is 1. The van der Waals surface area contributed by atoms with Crippen LogP contribution in [0.5, 0.6) is 0 Å². The number of aromatic nitrogens is 2. The Hall–Kier alpha value is -2.36. The summed E-state index contributed by atoms with van der Waals surface area (Å²) in [5, 5.41) is 10.8. The van der Waals surface area contributed by atoms with Crippen molar-refractivity contribution in [2.24, 2.45) is 5.73 Å². The highest BCUT2D eigenvalue weighted by Crippen LogP contribution is 2.22. The molecule has 2 heterocycles. The van der Waals surface area contributed by atoms with Gasteiger partial charge in [0, 0.05) is 37.3 Å². The molecular formula is C15H17N5O3S. The molecule has 1 aliphatic heterocycles. The van der Waals surface area contributed by atoms with Crippen molar-refractivity contribution in [2.75, 3.05) is 26.2 Å². The van der Waals surface area contributed by atoms with Crippen LogP contribution in [0.2, 0.25) is 0 Å². The minimum Gasteiger partial charge on any atom is -0.366 e. The molecule has 0 saturated carbocycles. The van der Waals surface area contributed by atoms with Crippen molar-refractivity contribution < 1.29 is 13.2 Å². The summed E-state index contributed by atoms with van der Waals surface area (Å²) in [6.45, 7) is 2.01. The predicted octanol–water partition coefficient (Wildman–Crippen LogP) is -0.164. The lowest BCUT2D eigenvalue weighted by molar-refractivity contribution is 0.100. The maximum atomic E-state index is 12.5. The van der Waals surface area contributed by atoms with Crippen molar-refractivity contribution >= 4 is 15.9 Å². The summed E-state index contributed by atoms with van der Waals surface area (Å²) in [5.74, 6) is -0.579. The van der Waals surface area contributed by atoms with Crippen molar-refractivity contribution in [3.05, 3.63) is 42.0 Å². The first kappa shape index (κ1) is 16.5. The fraction of sp³-hybridized carbons (Fsp3) is 0.267. The standard InChI is InChI=1S/C15H17N5O3S/c16-15(21)12-4-2-1-3-11(12)13-5-6-14(19-18-13)24(22,23)20-9-7-17-8-10-20/h1-6,17H,7-10H2,(H2,16,21). The third kappa shape index (κ3) is 3.14. The Balaban J connectivity index is 1.93. The number of hydrogen-bond donors (Lipinski definition) is 2. The largest absolute Gasteiger partial charge is 0.366 e. The Kier molecular flexibility index (Phi) is 4.56. The number of nitrogens with one attached hydrogen (secondary N) is 1. The molecule has 9 heteroatoms. The first-order valence-corrected chi connectivity index (χ1v) is 8.88. The van der Waals surface area contributed by atoms with Crippen LogP contribution >= 0.6 is 0 Å². The molecule has 0 radical (unpaired) electrons. The highest BCUT2D eigenvalue weighted by molar-refractivity contribution is 7.89. The highest BCUT2D eigenvalue weighted by atomic mass is 32.2. The van der Waals surface area contributed by atoms with Crippen LogP contribution in [0.15, 0.2) is 41.4 Å². The summed E-state index contributed by atoms with van der Waals surface area (Å²) in [7, 11) is -3.66. The van der Waals surface area contributed by atoms with Crippen LogP contribution in [0.25, 0.3) is 11.3 Å². The summed E-state index contributed by atoms with van der Waals surface area (Å²) in [5.41, 5.74) is 6.57. The van der Waals surface area contributed by atoms with E-state index in [1.165, 1.54) is 16.4 Å². The van der Waals surface area contributed by atoms with Gasteiger partial charge in [-0.05, 0) is 18.2 Å². The van der Waals surface area contributed by atoms with E-state index < -0.39 is 15.9 Å². The van der Waals surface area contributed by atoms with Crippen LogP contribution in [0, 0.1) is 0 Å². The van der Waals surface area contributed by atoms with Gasteiger partial charge in [-0.15, -0.1) is 10.2 Å². The molecule has 8 nitrogen and oxygen atoms in total. The van der Waals surface area contributed by atoms with E-state index in [-0.39, 0.29) is 5.03 Å². The second kappa shape index (κ2) is 6.63. The number of primary amides is 1. The molecule has 3 N–H and O–H groups in total. The topological polar surface area (TPSA) is 118 Å². The number of sulfonamides is 1. The summed E-state index contributed by atoms with van der Waals surface area (Å²) in [6.07, 6.45) is 0. The van der Waals surface area contributed by atoms with Gasteiger partial charge in [0.1, 0.15) is 0 Å². The van der Waals surface area contributed by atoms with Crippen LogP contribution in [-0.4, -0.2) is 55.0 Å². The van der Waals surface area contributed by atoms with E-state index in [0.29, 0.717) is 43.0 Å². The minimum atomic E-state index is -3.66. The van der Waals surface area contributed by atoms with Crippen molar-refractivity contribution in [1.29, 1.82) is 0 Å². The van der Waals surface area contributed by atoms with Crippen LogP contribution < -0.4 is 11.1 Å². The van der Waals surface area contributed by atoms with Crippen LogP contribution in [0.3, 0.4) is 0 Å². The molecular weight excluding hydrogens is 330 g/mol. The Morgan fingerprint density at radius 1 is 1.08 bits per heavy atom. The molecule has 2 aromatic rings. The number of hydrogen-bond acceptors (Lipinski definition) is 6. The molecule has 0 spiro atoms. The van der Waals surface area contributed by atoms with E-state index in [0.717, 1.165) is 0 Å². The van der Waals surface area contributed by atoms with E-state index in [1.54, 1.807) is 24.3 Å². The van der Waals surface area contributed by atoms with Gasteiger partial charge >= 0.3 is 0 Å². The monoisotopic (exact) mass is 347 g/mol. The Labute approximate surface area is 139 Å². The Bertz CT molecular complexity index is 846. The molecule has 0 aliphatic carbocycles. The van der Waals surface area contributed by atoms with Crippen molar-refractivity contribution in [3.63, 3.8) is 0 Å². The quantitative estimate of drug-likeness (QED) is 0.793. The number of carbonyl (C=O) groups excluding carboxylic acids is 1. The van der Waals surface area contributed by atoms with Gasteiger partial charge in [0.05, 0.1) is 5.69 Å². The Morgan fingerprint density at radius 3 is 2.42 bits per heavy atom. The zero-order valence-electron chi connectivity index (χ0n) is 12.8. The molecule has 1 aliphatic rings. The molecule has 3 rings (SSSR count). The summed E-state index contributed by atoms with van der Waals surface area (Å²) < 4.78 is 26.4. The fourth-order valence-corrected chi connectivity index (χ4v) is 3.85. The third-order valence-electron chi connectivity index (χ3n) is 3.79. The van der Waals surface area contributed by atoms with Gasteiger partial charge in [-0.2, -0.15) is 4.31 Å². The summed E-state index contributed by atoms with van der Waals surface area (Å²) in [4.78, 5) is 11.5. The SMILES string of the molecule is NC(=O)c1ccccc1-c1ccc(S(=O)(=O)N2CCNCC2)nn1. The number of piperazine rings is 1. The number of nitrogens with two attached hydrogens (primary N) is 1. The Morgan fingerprint density at radius 2 is 1.79 bits per heavy atom. The lowest BCUT2D eigenvalue weighted by Gasteiger charge is -2.25. The first-order chi connectivity index (χ1) is 11.5. The van der Waals surface area contributed by atoms with Gasteiger partial charge in [-0.3, -0.25) is 4.79 Å². The summed E-state index contributed by atoms with van der Waals surface area (Å²) in [6, 6.07) is 9.65.